The number of hydrogen-bond acceptors (Lipinski definition) is 5. The monoisotopic (exact) mass is 483 g/mol. The normalized spacial score (nSPS) is 15.7. The van der Waals surface area contributed by atoms with Crippen LogP contribution < -0.4 is 15.6 Å². The van der Waals surface area contributed by atoms with Gasteiger partial charge in [0.1, 0.15) is 0 Å². The molecule has 4 heterocycles. The largest absolute Gasteiger partial charge is 0.477 e. The number of halogens is 2. The molecule has 1 saturated heterocycles. The maximum atomic E-state index is 13.2. The van der Waals surface area contributed by atoms with Gasteiger partial charge in [-0.3, -0.25) is 18.8 Å². The number of pyridine rings is 2. The predicted octanol–water partition coefficient (Wildman–Crippen LogP) is 3.45. The van der Waals surface area contributed by atoms with Crippen LogP contribution in [0.4, 0.5) is 0 Å². The van der Waals surface area contributed by atoms with Crippen LogP contribution in [0.15, 0.2) is 59.8 Å². The Labute approximate surface area is 198 Å². The highest BCUT2D eigenvalue weighted by molar-refractivity contribution is 6.32. The van der Waals surface area contributed by atoms with Crippen LogP contribution in [-0.2, 0) is 11.3 Å². The lowest BCUT2D eigenvalue weighted by Gasteiger charge is -2.13. The summed E-state index contributed by atoms with van der Waals surface area (Å²) >= 11 is 12.6. The Kier molecular flexibility index (Phi) is 5.78. The van der Waals surface area contributed by atoms with Gasteiger partial charge in [-0.05, 0) is 17.7 Å². The predicted molar refractivity (Wildman–Crippen MR) is 125 cm³/mol. The smallest absolute Gasteiger partial charge is 0.266 e. The van der Waals surface area contributed by atoms with E-state index in [9.17, 15) is 9.59 Å². The summed E-state index contributed by atoms with van der Waals surface area (Å²) in [5, 5.41) is 8.57. The average molecular weight is 484 g/mol. The third-order valence-electron chi connectivity index (χ3n) is 5.59. The van der Waals surface area contributed by atoms with Crippen LogP contribution in [0.5, 0.6) is 5.88 Å². The fraction of sp³-hybridized carbons (Fsp3) is 0.217. The Morgan fingerprint density at radius 2 is 1.97 bits per heavy atom. The van der Waals surface area contributed by atoms with Crippen molar-refractivity contribution in [1.82, 2.24) is 24.6 Å². The summed E-state index contributed by atoms with van der Waals surface area (Å²) in [6.07, 6.45) is 5.07. The molecule has 1 aromatic carbocycles. The molecule has 0 unspecified atom stereocenters. The average Bonchev–Trinajstić information content (AvgIpc) is 3.42. The Morgan fingerprint density at radius 3 is 2.76 bits per heavy atom. The fourth-order valence-electron chi connectivity index (χ4n) is 3.84. The van der Waals surface area contributed by atoms with E-state index in [2.05, 4.69) is 15.4 Å². The molecule has 10 heteroatoms. The van der Waals surface area contributed by atoms with E-state index in [1.165, 1.54) is 10.8 Å². The zero-order chi connectivity index (χ0) is 22.9. The number of hydrogen-bond donors (Lipinski definition) is 1. The Bertz CT molecular complexity index is 1410. The number of aromatic nitrogens is 4. The van der Waals surface area contributed by atoms with Gasteiger partial charge in [0.05, 0.1) is 47.2 Å². The summed E-state index contributed by atoms with van der Waals surface area (Å²) in [7, 11) is 0. The molecule has 0 bridgehead atoms. The van der Waals surface area contributed by atoms with E-state index in [0.29, 0.717) is 58.6 Å². The lowest BCUT2D eigenvalue weighted by molar-refractivity contribution is -0.119. The molecule has 1 amide bonds. The van der Waals surface area contributed by atoms with Crippen LogP contribution in [0.1, 0.15) is 12.0 Å². The van der Waals surface area contributed by atoms with Crippen molar-refractivity contribution in [1.29, 1.82) is 0 Å². The van der Waals surface area contributed by atoms with Crippen molar-refractivity contribution in [3.8, 4) is 11.6 Å². The summed E-state index contributed by atoms with van der Waals surface area (Å²) in [4.78, 5) is 28.8. The van der Waals surface area contributed by atoms with Crippen LogP contribution in [-0.4, -0.2) is 38.4 Å². The maximum absolute atomic E-state index is 13.2. The highest BCUT2D eigenvalue weighted by Crippen LogP contribution is 2.24. The van der Waals surface area contributed by atoms with E-state index in [4.69, 9.17) is 27.9 Å². The van der Waals surface area contributed by atoms with Gasteiger partial charge in [0, 0.05) is 36.2 Å². The summed E-state index contributed by atoms with van der Waals surface area (Å²) in [6, 6.07) is 11.0. The van der Waals surface area contributed by atoms with E-state index >= 15 is 0 Å². The summed E-state index contributed by atoms with van der Waals surface area (Å²) < 4.78 is 8.94. The molecule has 0 aliphatic carbocycles. The minimum atomic E-state index is -0.262. The van der Waals surface area contributed by atoms with Crippen LogP contribution in [0.3, 0.4) is 0 Å². The molecule has 4 aromatic rings. The molecule has 3 aromatic heterocycles. The highest BCUT2D eigenvalue weighted by atomic mass is 35.5. The Morgan fingerprint density at radius 1 is 1.12 bits per heavy atom. The molecule has 8 nitrogen and oxygen atoms in total. The lowest BCUT2D eigenvalue weighted by atomic mass is 10.1. The van der Waals surface area contributed by atoms with Gasteiger partial charge in [-0.25, -0.2) is 4.98 Å². The van der Waals surface area contributed by atoms with E-state index in [1.54, 1.807) is 23.1 Å². The first-order valence-corrected chi connectivity index (χ1v) is 11.1. The number of amides is 1. The number of fused-ring (bicyclic) bond motifs is 1. The molecular weight excluding hydrogens is 465 g/mol. The van der Waals surface area contributed by atoms with Crippen LogP contribution in [0, 0.1) is 5.92 Å². The molecule has 0 spiro atoms. The van der Waals surface area contributed by atoms with Gasteiger partial charge in [-0.1, -0.05) is 41.4 Å². The number of carbonyl (C=O) groups is 1. The Hall–Kier alpha value is -3.36. The molecule has 33 heavy (non-hydrogen) atoms. The second kappa shape index (κ2) is 8.88. The zero-order valence-electron chi connectivity index (χ0n) is 17.4. The molecule has 5 rings (SSSR count). The van der Waals surface area contributed by atoms with Crippen molar-refractivity contribution in [2.75, 3.05) is 13.2 Å². The summed E-state index contributed by atoms with van der Waals surface area (Å²) in [6.45, 7) is 1.36. The van der Waals surface area contributed by atoms with Gasteiger partial charge >= 0.3 is 0 Å². The van der Waals surface area contributed by atoms with Crippen molar-refractivity contribution < 1.29 is 9.53 Å². The maximum Gasteiger partial charge on any atom is 0.266 e. The topological polar surface area (TPSA) is 91.0 Å². The molecule has 1 aliphatic heterocycles. The molecule has 168 valence electrons. The first kappa shape index (κ1) is 21.5. The first-order valence-electron chi connectivity index (χ1n) is 10.4. The third kappa shape index (κ3) is 4.31. The van der Waals surface area contributed by atoms with Crippen LogP contribution in [0.25, 0.3) is 16.6 Å². The van der Waals surface area contributed by atoms with Gasteiger partial charge in [-0.15, -0.1) is 0 Å². The second-order valence-electron chi connectivity index (χ2n) is 7.84. The van der Waals surface area contributed by atoms with Crippen molar-refractivity contribution in [3.05, 3.63) is 81.0 Å². The number of carbonyl (C=O) groups excluding carboxylic acids is 1. The van der Waals surface area contributed by atoms with Crippen molar-refractivity contribution in [2.24, 2.45) is 5.92 Å². The van der Waals surface area contributed by atoms with Gasteiger partial charge in [0.25, 0.3) is 5.56 Å². The number of rotatable bonds is 6. The van der Waals surface area contributed by atoms with Crippen molar-refractivity contribution >= 4 is 40.0 Å². The zero-order valence-corrected chi connectivity index (χ0v) is 18.9. The molecular formula is C23H19Cl2N5O3. The van der Waals surface area contributed by atoms with Gasteiger partial charge < -0.3 is 10.1 Å². The highest BCUT2D eigenvalue weighted by Gasteiger charge is 2.22. The van der Waals surface area contributed by atoms with Crippen molar-refractivity contribution in [2.45, 2.75) is 13.0 Å². The first-order chi connectivity index (χ1) is 16.0. The van der Waals surface area contributed by atoms with E-state index in [1.807, 2.05) is 30.3 Å². The lowest BCUT2D eigenvalue weighted by Crippen LogP contribution is -2.19. The van der Waals surface area contributed by atoms with Crippen molar-refractivity contribution in [3.63, 3.8) is 0 Å². The number of nitrogens with zero attached hydrogens (tertiary/aromatic N) is 4. The second-order valence-corrected chi connectivity index (χ2v) is 8.66. The minimum Gasteiger partial charge on any atom is -0.477 e. The molecule has 1 aliphatic rings. The molecule has 0 saturated carbocycles. The van der Waals surface area contributed by atoms with Gasteiger partial charge in [0.2, 0.25) is 11.8 Å². The minimum absolute atomic E-state index is 0.0169. The standard InChI is InChI=1S/C23H19Cl2N5O3/c24-17-4-2-1-3-15(17)12-30-19-5-6-29(23(32)16(19)10-28-30)20-8-22(27-11-18(20)25)33-13-14-7-21(31)26-9-14/h1-6,8,10-11,14H,7,9,12-13H2,(H,26,31)/t14-/m1/s1. The molecule has 0 radical (unpaired) electrons. The molecule has 1 fully saturated rings. The van der Waals surface area contributed by atoms with Gasteiger partial charge in [-0.2, -0.15) is 5.10 Å². The third-order valence-corrected chi connectivity index (χ3v) is 6.25. The Balaban J connectivity index is 1.44. The number of ether oxygens (including phenoxy) is 1. The van der Waals surface area contributed by atoms with Gasteiger partial charge in [0.15, 0.2) is 0 Å². The van der Waals surface area contributed by atoms with E-state index in [-0.39, 0.29) is 17.4 Å². The molecule has 1 N–H and O–H groups in total. The summed E-state index contributed by atoms with van der Waals surface area (Å²) in [5.74, 6) is 0.430. The van der Waals surface area contributed by atoms with E-state index in [0.717, 1.165) is 5.56 Å². The van der Waals surface area contributed by atoms with Crippen LogP contribution >= 0.6 is 23.2 Å². The summed E-state index contributed by atoms with van der Waals surface area (Å²) in [5.41, 5.74) is 1.79. The fourth-order valence-corrected chi connectivity index (χ4v) is 4.23. The van der Waals surface area contributed by atoms with E-state index < -0.39 is 0 Å². The SMILES string of the molecule is O=C1C[C@@H](COc2cc(-n3ccc4c(cnn4Cc4ccccc4Cl)c3=O)c(Cl)cn2)CN1. The molecule has 1 atom stereocenters. The number of nitrogens with one attached hydrogen (secondary N) is 1. The van der Waals surface area contributed by atoms with Crippen LogP contribution in [0.2, 0.25) is 10.0 Å². The quantitative estimate of drug-likeness (QED) is 0.453. The number of benzene rings is 1.